The maximum atomic E-state index is 14.2. The van der Waals surface area contributed by atoms with Crippen molar-refractivity contribution < 1.29 is 114 Å². The second-order valence-corrected chi connectivity index (χ2v) is 56.2. The van der Waals surface area contributed by atoms with E-state index in [4.69, 9.17) is 154 Å². The maximum Gasteiger partial charge on any atom is 0.403 e. The fourth-order valence-electron chi connectivity index (χ4n) is 17.3. The number of nitrogens with zero attached hydrogens (tertiary/aromatic N) is 24. The lowest BCUT2D eigenvalue weighted by molar-refractivity contribution is -0.189. The molecule has 78 heteroatoms. The van der Waals surface area contributed by atoms with E-state index in [1.165, 1.54) is 108 Å². The van der Waals surface area contributed by atoms with Crippen molar-refractivity contribution >= 4 is 211 Å². The monoisotopic (exact) mass is 2300 g/mol. The smallest absolute Gasteiger partial charge is 0.403 e. The summed E-state index contributed by atoms with van der Waals surface area (Å²) in [6.07, 6.45) is -2.40. The van der Waals surface area contributed by atoms with Crippen LogP contribution in [0.3, 0.4) is 0 Å². The van der Waals surface area contributed by atoms with Crippen LogP contribution in [0.1, 0.15) is 72.5 Å². The van der Waals surface area contributed by atoms with Crippen molar-refractivity contribution in [3.05, 3.63) is 75.9 Å². The van der Waals surface area contributed by atoms with Gasteiger partial charge in [-0.2, -0.15) is 0 Å². The number of ether oxygens (including phenoxy) is 6. The first kappa shape index (κ1) is 119. The Kier molecular flexibility index (Phi) is 37.4. The highest BCUT2D eigenvalue weighted by atomic mass is 32.7. The number of nitrogen functional groups attached to an aromatic ring is 6. The Labute approximate surface area is 867 Å². The van der Waals surface area contributed by atoms with E-state index in [1.54, 1.807) is 9.13 Å². The standard InChI is InChI=1S/C27H42N12O7P2S2Si.C20H26N12O9P2S.C20H26N12O8P2S2.2CH5N.CH4.4H3N/c1-13-16-14(44-25(13)38-11-34-18-21(28)30-9-32-23(18)38)7-42-48(41,50)37-17-15(8-43-47(40,49)36-16)45-26(20(17)46-51(5,6)27(2,3)4)39-12-35-19-22(29)31-10-33-24(19)39;21-15-11-17(25-3-23-15)31(5-27-11)19-13(33)9-8(41-19)2-39-43(37,44)30-10-7(1-38-42(35,36)29-9)40-20(14(10)34)32-6-28-12-16(22)24-4-26-18(12)32;21-15-11-17(25-3-23-15)31(5-27-11)19-13(33)9-7(39-19)1-37-41(35,43)30-10-8(2-38-42(36,44)29-9)40-20(14(10)34)32-6-28-12-16(22)24-4-26-18(12)32;2*1-2;;;;;/h9-17,20,25-26H,7-8H2,1-6H3,(H2,28,30,32)(H2,29,31,33)(H2,36,40,49)(H2,37,41,50);3-10,13-14,19-20,33-34H,1-2H2,(H2,21,23,25)(H2,22,24,26)(H2,29,35,36)(H2,30,37,44);3-10,13-14,19-20,33-34H,1-2H2,(H2,21,23,25)(H2,22,24,26)(H2,29,36,44)(H2,30,35,43);2*2H2,1H3;1H4;4*1H3/p-2/t13-,14-,15-,16+,17-,20-,25-,26-,47?,48?;7-,8-,9-,10-,13-,14-,19-,20-,43?;7-,8-,9-,10-,13-,14-,19-,20-,41?,42?;;;;;;;/m111......./s1. The fourth-order valence-corrected chi connectivity index (χ4v) is 28.1. The van der Waals surface area contributed by atoms with E-state index in [2.05, 4.69) is 166 Å². The van der Waals surface area contributed by atoms with Gasteiger partial charge in [0.15, 0.2) is 108 Å². The Bertz CT molecular complexity index is 6490. The number of aliphatic hydroxyl groups excluding tert-OH is 4. The summed E-state index contributed by atoms with van der Waals surface area (Å²) in [5.41, 5.74) is 48.5. The summed E-state index contributed by atoms with van der Waals surface area (Å²) in [5.74, 6) is 0.493. The van der Waals surface area contributed by atoms with Crippen molar-refractivity contribution in [3.63, 3.8) is 0 Å². The average molecular weight is 2310 g/mol. The summed E-state index contributed by atoms with van der Waals surface area (Å²) >= 11 is 27.2. The van der Waals surface area contributed by atoms with Gasteiger partial charge in [-0.3, -0.25) is 42.1 Å². The molecule has 21 rings (SSSR count). The molecule has 9 saturated heterocycles. The van der Waals surface area contributed by atoms with Crippen molar-refractivity contribution in [2.24, 2.45) is 17.4 Å². The lowest BCUT2D eigenvalue weighted by Gasteiger charge is -2.42. The van der Waals surface area contributed by atoms with Crippen molar-refractivity contribution in [2.75, 3.05) is 88.1 Å². The van der Waals surface area contributed by atoms with Crippen LogP contribution in [-0.4, -0.2) is 323 Å². The SMILES string of the molecule is C.CN.CN.C[C@@H]1[C@@H]2NP([O-])(=S)OC[C@H]3O[C@@H](n4cnc5c(N)ncnc54)[C@H](O[Si](C)(C)C(C)(C)C)[C@@H]3NP(=O)([S-])OC[C@H]2O[C@H]1n1cnc2c(N)ncnc21.N.N.N.N.Nc1ncnc2c1ncn2[C@@H]1O[C@@H]2COP(O)(=S)N[C@H]3[C@@H](O)[C@H](n4cnc5c(N)ncnc54)O[C@@H]3COP(=O)(O)N[C@H]2[C@H]1O.Nc1ncnc2c1ncn2[C@@H]1O[C@@H]2COP(O)(=S)N[C@H]3[C@@H](O)[C@H](n4cnc5c(N)ncnc54)O[C@@H]3COP(O)(=S)N[C@H]2[C@H]1O. The topological polar surface area (TPSA) is 1020 Å². The van der Waals surface area contributed by atoms with E-state index < -0.39 is 209 Å². The highest BCUT2D eigenvalue weighted by Crippen LogP contribution is 2.55. The molecule has 0 saturated carbocycles. The highest BCUT2D eigenvalue weighted by molar-refractivity contribution is 8.33. The van der Waals surface area contributed by atoms with E-state index in [-0.39, 0.29) is 121 Å². The number of nitrogens with two attached hydrogens (primary N) is 8. The minimum atomic E-state index is -4.67. The first-order chi connectivity index (χ1) is 67.7. The van der Waals surface area contributed by atoms with Gasteiger partial charge >= 0.3 is 7.75 Å². The molecular weight excluding hydrogens is 2190 g/mol. The summed E-state index contributed by atoms with van der Waals surface area (Å²) in [6.45, 7) is -9.49. The molecule has 30 atom stereocenters. The van der Waals surface area contributed by atoms with Crippen LogP contribution in [-0.2, 0) is 129 Å². The normalized spacial score (nSPS) is 35.0. The first-order valence-corrected chi connectivity index (χ1v) is 61.0. The van der Waals surface area contributed by atoms with Gasteiger partial charge in [-0.05, 0) is 67.6 Å². The predicted octanol–water partition coefficient (Wildman–Crippen LogP) is -2.34. The zero-order valence-corrected chi connectivity index (χ0v) is 89.5. The average Bonchev–Trinajstić information content (AvgIpc) is 1.57. The van der Waals surface area contributed by atoms with Gasteiger partial charge in [0.1, 0.15) is 145 Å². The van der Waals surface area contributed by atoms with Gasteiger partial charge in [0.2, 0.25) is 0 Å². The van der Waals surface area contributed by atoms with Crippen LogP contribution in [0, 0.1) is 5.92 Å². The van der Waals surface area contributed by atoms with Crippen LogP contribution < -0.4 is 106 Å². The molecule has 0 amide bonds. The van der Waals surface area contributed by atoms with Gasteiger partial charge in [-0.15, -0.1) is 0 Å². The highest BCUT2D eigenvalue weighted by Gasteiger charge is 2.58. The van der Waals surface area contributed by atoms with Crippen LogP contribution in [0.25, 0.3) is 67.0 Å². The Morgan fingerprint density at radius 3 is 0.926 bits per heavy atom. The van der Waals surface area contributed by atoms with Crippen molar-refractivity contribution in [2.45, 2.75) is 194 Å². The molecule has 0 radical (unpaired) electrons. The molecule has 9 fully saturated rings. The molecule has 0 spiro atoms. The number of anilines is 6. The Hall–Kier alpha value is -7.63. The molecule has 9 aliphatic heterocycles. The summed E-state index contributed by atoms with van der Waals surface area (Å²) in [5, 5.41) is 61.7. The van der Waals surface area contributed by atoms with E-state index in [9.17, 15) is 54.0 Å². The van der Waals surface area contributed by atoms with E-state index >= 15 is 0 Å². The molecule has 148 heavy (non-hydrogen) atoms. The quantitative estimate of drug-likeness (QED) is 0.0431. The molecule has 12 aromatic rings. The third-order valence-electron chi connectivity index (χ3n) is 25.1. The molecule has 818 valence electrons. The third kappa shape index (κ3) is 23.9. The molecule has 9 aliphatic rings. The predicted molar refractivity (Wildman–Crippen MR) is 550 cm³/mol. The third-order valence-corrected chi connectivity index (χ3v) is 39.5. The number of nitrogens with one attached hydrogen (secondary N) is 6. The molecular formula is C70H118N42O24P6S5Si-2. The van der Waals surface area contributed by atoms with Crippen LogP contribution >= 0.6 is 41.0 Å². The van der Waals surface area contributed by atoms with Crippen molar-refractivity contribution in [1.82, 2.24) is 172 Å². The van der Waals surface area contributed by atoms with Gasteiger partial charge < -0.3 is 188 Å². The molecule has 6 unspecified atom stereocenters. The van der Waals surface area contributed by atoms with Gasteiger partial charge in [0.05, 0.1) is 121 Å². The first-order valence-electron chi connectivity index (χ1n) is 43.2. The summed E-state index contributed by atoms with van der Waals surface area (Å²) in [6, 6.07) is -6.08. The molecule has 21 heterocycles. The second kappa shape index (κ2) is 46.6. The molecule has 66 nitrogen and oxygen atoms in total. The number of aromatic nitrogens is 24. The van der Waals surface area contributed by atoms with E-state index in [0.29, 0.717) is 44.7 Å². The summed E-state index contributed by atoms with van der Waals surface area (Å²) in [4.78, 5) is 133. The van der Waals surface area contributed by atoms with Crippen molar-refractivity contribution in [3.8, 4) is 0 Å². The molecule has 0 bridgehead atoms. The number of rotatable bonds is 8. The number of hydrogen-bond donors (Lipinski definition) is 26. The lowest BCUT2D eigenvalue weighted by atomic mass is 10.00. The van der Waals surface area contributed by atoms with Crippen LogP contribution in [0.5, 0.6) is 0 Å². The largest absolute Gasteiger partial charge is 0.789 e. The van der Waals surface area contributed by atoms with Crippen molar-refractivity contribution in [1.29, 1.82) is 0 Å². The molecule has 0 aliphatic carbocycles. The van der Waals surface area contributed by atoms with Gasteiger partial charge in [-0.1, -0.05) is 46.9 Å². The maximum absolute atomic E-state index is 14.2. The minimum Gasteiger partial charge on any atom is -0.789 e. The van der Waals surface area contributed by atoms with Gasteiger partial charge in [0, 0.05) is 12.0 Å². The molecule has 0 aromatic carbocycles. The lowest BCUT2D eigenvalue weighted by Crippen LogP contribution is -2.53. The zero-order chi connectivity index (χ0) is 103. The number of aliphatic hydroxyl groups is 4. The second-order valence-electron chi connectivity index (χ2n) is 34.8. The van der Waals surface area contributed by atoms with Gasteiger partial charge in [-0.25, -0.2) is 115 Å². The Morgan fingerprint density at radius 2 is 0.622 bits per heavy atom. The Morgan fingerprint density at radius 1 is 0.378 bits per heavy atom. The van der Waals surface area contributed by atoms with Crippen LogP contribution in [0.2, 0.25) is 18.1 Å². The summed E-state index contributed by atoms with van der Waals surface area (Å²) < 4.78 is 115. The van der Waals surface area contributed by atoms with Crippen LogP contribution in [0.4, 0.5) is 34.9 Å². The fraction of sp³-hybridized carbons (Fsp3) is 0.571. The molecule has 12 aromatic heterocycles. The number of hydrogen-bond acceptors (Lipinski definition) is 55. The minimum absolute atomic E-state index is 0. The molecule has 42 N–H and O–H groups in total. The van der Waals surface area contributed by atoms with E-state index in [0.717, 1.165) is 0 Å². The number of fused-ring (bicyclic) bond motifs is 12. The van der Waals surface area contributed by atoms with E-state index in [1.807, 2.05) is 6.92 Å². The zero-order valence-electron chi connectivity index (χ0n) is 79.0. The van der Waals surface area contributed by atoms with Gasteiger partial charge in [0.25, 0.3) is 19.9 Å². The number of imidazole rings is 6. The Balaban J connectivity index is 0.000000191. The van der Waals surface area contributed by atoms with Crippen LogP contribution in [0.15, 0.2) is 75.9 Å². The summed E-state index contributed by atoms with van der Waals surface area (Å²) in [7, 11) is -4.23.